The Kier molecular flexibility index (Phi) is 5.69. The van der Waals surface area contributed by atoms with Gasteiger partial charge < -0.3 is 15.2 Å². The van der Waals surface area contributed by atoms with Gasteiger partial charge in [0.25, 0.3) is 0 Å². The number of amides is 1. The smallest absolute Gasteiger partial charge is 0.405 e. The SMILES string of the molecule is CC(=O)c1cc(F)ccc1OCCCC(C)(C)OC(N)=O. The first-order valence-electron chi connectivity index (χ1n) is 6.63. The molecule has 0 bridgehead atoms. The quantitative estimate of drug-likeness (QED) is 0.619. The van der Waals surface area contributed by atoms with Crippen molar-refractivity contribution in [2.24, 2.45) is 5.73 Å². The Morgan fingerprint density at radius 3 is 2.57 bits per heavy atom. The minimum Gasteiger partial charge on any atom is -0.493 e. The van der Waals surface area contributed by atoms with Crippen molar-refractivity contribution in [1.82, 2.24) is 0 Å². The largest absolute Gasteiger partial charge is 0.493 e. The first-order chi connectivity index (χ1) is 9.71. The molecule has 1 amide bonds. The molecule has 5 nitrogen and oxygen atoms in total. The van der Waals surface area contributed by atoms with Crippen LogP contribution in [0.4, 0.5) is 9.18 Å². The van der Waals surface area contributed by atoms with Gasteiger partial charge in [0.05, 0.1) is 12.2 Å². The first-order valence-corrected chi connectivity index (χ1v) is 6.63. The molecule has 0 spiro atoms. The number of carbonyl (C=O) groups is 2. The van der Waals surface area contributed by atoms with Gasteiger partial charge in [-0.25, -0.2) is 9.18 Å². The number of ketones is 1. The summed E-state index contributed by atoms with van der Waals surface area (Å²) in [6.07, 6.45) is 0.319. The second-order valence-corrected chi connectivity index (χ2v) is 5.33. The topological polar surface area (TPSA) is 78.6 Å². The molecule has 0 aliphatic carbocycles. The lowest BCUT2D eigenvalue weighted by Crippen LogP contribution is -2.31. The van der Waals surface area contributed by atoms with Gasteiger partial charge in [0, 0.05) is 0 Å². The van der Waals surface area contributed by atoms with E-state index >= 15 is 0 Å². The molecule has 1 rings (SSSR count). The summed E-state index contributed by atoms with van der Waals surface area (Å²) in [6.45, 7) is 5.16. The van der Waals surface area contributed by atoms with Gasteiger partial charge in [-0.2, -0.15) is 0 Å². The van der Waals surface area contributed by atoms with E-state index in [1.807, 2.05) is 0 Å². The monoisotopic (exact) mass is 297 g/mol. The average molecular weight is 297 g/mol. The van der Waals surface area contributed by atoms with Gasteiger partial charge in [-0.05, 0) is 51.8 Å². The van der Waals surface area contributed by atoms with Crippen molar-refractivity contribution < 1.29 is 23.5 Å². The van der Waals surface area contributed by atoms with Crippen molar-refractivity contribution in [3.63, 3.8) is 0 Å². The van der Waals surface area contributed by atoms with Gasteiger partial charge in [0.2, 0.25) is 0 Å². The highest BCUT2D eigenvalue weighted by molar-refractivity contribution is 5.96. The highest BCUT2D eigenvalue weighted by Gasteiger charge is 2.21. The Morgan fingerprint density at radius 1 is 1.33 bits per heavy atom. The number of ether oxygens (including phenoxy) is 2. The van der Waals surface area contributed by atoms with Crippen LogP contribution in [-0.2, 0) is 4.74 Å². The number of hydrogen-bond donors (Lipinski definition) is 1. The van der Waals surface area contributed by atoms with Gasteiger partial charge in [-0.15, -0.1) is 0 Å². The fraction of sp³-hybridized carbons (Fsp3) is 0.467. The molecule has 21 heavy (non-hydrogen) atoms. The second kappa shape index (κ2) is 7.06. The molecule has 0 saturated carbocycles. The normalized spacial score (nSPS) is 11.0. The molecular formula is C15H20FNO4. The van der Waals surface area contributed by atoms with Gasteiger partial charge in [-0.1, -0.05) is 0 Å². The summed E-state index contributed by atoms with van der Waals surface area (Å²) in [5.74, 6) is -0.400. The number of primary amides is 1. The zero-order valence-electron chi connectivity index (χ0n) is 12.4. The Hall–Kier alpha value is -2.11. The van der Waals surface area contributed by atoms with Crippen molar-refractivity contribution in [2.75, 3.05) is 6.61 Å². The van der Waals surface area contributed by atoms with E-state index in [-0.39, 0.29) is 11.3 Å². The molecule has 1 aromatic rings. The van der Waals surface area contributed by atoms with Crippen LogP contribution in [0, 0.1) is 5.82 Å². The van der Waals surface area contributed by atoms with Crippen molar-refractivity contribution in [3.05, 3.63) is 29.6 Å². The molecule has 0 saturated heterocycles. The molecule has 2 N–H and O–H groups in total. The predicted molar refractivity (Wildman–Crippen MR) is 75.9 cm³/mol. The molecule has 0 heterocycles. The van der Waals surface area contributed by atoms with E-state index in [4.69, 9.17) is 15.2 Å². The summed E-state index contributed by atoms with van der Waals surface area (Å²) in [5, 5.41) is 0. The summed E-state index contributed by atoms with van der Waals surface area (Å²) in [7, 11) is 0. The Labute approximate surface area is 123 Å². The van der Waals surface area contributed by atoms with Crippen LogP contribution < -0.4 is 10.5 Å². The molecule has 116 valence electrons. The third kappa shape index (κ3) is 5.81. The van der Waals surface area contributed by atoms with Crippen molar-refractivity contribution >= 4 is 11.9 Å². The van der Waals surface area contributed by atoms with Crippen LogP contribution in [0.3, 0.4) is 0 Å². The van der Waals surface area contributed by atoms with Crippen LogP contribution >= 0.6 is 0 Å². The third-order valence-electron chi connectivity index (χ3n) is 2.88. The van der Waals surface area contributed by atoms with E-state index in [0.717, 1.165) is 6.07 Å². The number of hydrogen-bond acceptors (Lipinski definition) is 4. The van der Waals surface area contributed by atoms with Gasteiger partial charge in [0.15, 0.2) is 5.78 Å². The van der Waals surface area contributed by atoms with E-state index < -0.39 is 17.5 Å². The number of rotatable bonds is 7. The standard InChI is InChI=1S/C15H20FNO4/c1-10(18)12-9-11(16)5-6-13(12)20-8-4-7-15(2,3)21-14(17)19/h5-6,9H,4,7-8H2,1-3H3,(H2,17,19). The van der Waals surface area contributed by atoms with Crippen molar-refractivity contribution in [2.45, 2.75) is 39.2 Å². The fourth-order valence-electron chi connectivity index (χ4n) is 1.91. The van der Waals surface area contributed by atoms with E-state index in [0.29, 0.717) is 25.2 Å². The number of benzene rings is 1. The lowest BCUT2D eigenvalue weighted by atomic mass is 10.0. The molecule has 0 fully saturated rings. The van der Waals surface area contributed by atoms with Crippen LogP contribution in [0.2, 0.25) is 0 Å². The number of halogens is 1. The molecule has 0 aromatic heterocycles. The van der Waals surface area contributed by atoms with Gasteiger partial charge >= 0.3 is 6.09 Å². The van der Waals surface area contributed by atoms with Crippen LogP contribution in [-0.4, -0.2) is 24.1 Å². The van der Waals surface area contributed by atoms with E-state index in [2.05, 4.69) is 0 Å². The summed E-state index contributed by atoms with van der Waals surface area (Å²) >= 11 is 0. The molecule has 0 unspecified atom stereocenters. The number of carbonyl (C=O) groups excluding carboxylic acids is 2. The van der Waals surface area contributed by atoms with Gasteiger partial charge in [0.1, 0.15) is 17.2 Å². The maximum absolute atomic E-state index is 13.1. The number of Topliss-reactive ketones (excluding diaryl/α,β-unsaturated/α-hetero) is 1. The van der Waals surface area contributed by atoms with Crippen LogP contribution in [0.5, 0.6) is 5.75 Å². The molecule has 0 aliphatic rings. The highest BCUT2D eigenvalue weighted by atomic mass is 19.1. The first kappa shape index (κ1) is 16.9. The van der Waals surface area contributed by atoms with E-state index in [9.17, 15) is 14.0 Å². The minimum absolute atomic E-state index is 0.211. The maximum Gasteiger partial charge on any atom is 0.405 e. The number of nitrogens with two attached hydrogens (primary N) is 1. The summed E-state index contributed by atoms with van der Waals surface area (Å²) in [4.78, 5) is 22.1. The Balaban J connectivity index is 2.53. The molecule has 0 atom stereocenters. The van der Waals surface area contributed by atoms with Crippen molar-refractivity contribution in [3.8, 4) is 5.75 Å². The summed E-state index contributed by atoms with van der Waals surface area (Å²) in [5.41, 5.74) is 4.51. The molecule has 0 radical (unpaired) electrons. The Bertz CT molecular complexity index is 528. The van der Waals surface area contributed by atoms with Crippen LogP contribution in [0.15, 0.2) is 18.2 Å². The molecular weight excluding hydrogens is 277 g/mol. The van der Waals surface area contributed by atoms with E-state index in [1.54, 1.807) is 13.8 Å². The van der Waals surface area contributed by atoms with Crippen LogP contribution in [0.1, 0.15) is 44.0 Å². The predicted octanol–water partition coefficient (Wildman–Crippen LogP) is 3.06. The van der Waals surface area contributed by atoms with Crippen molar-refractivity contribution in [1.29, 1.82) is 0 Å². The third-order valence-corrected chi connectivity index (χ3v) is 2.88. The second-order valence-electron chi connectivity index (χ2n) is 5.33. The van der Waals surface area contributed by atoms with Crippen LogP contribution in [0.25, 0.3) is 0 Å². The summed E-state index contributed by atoms with van der Waals surface area (Å²) < 4.78 is 23.5. The highest BCUT2D eigenvalue weighted by Crippen LogP contribution is 2.22. The zero-order chi connectivity index (χ0) is 16.0. The lowest BCUT2D eigenvalue weighted by Gasteiger charge is -2.23. The maximum atomic E-state index is 13.1. The molecule has 6 heteroatoms. The van der Waals surface area contributed by atoms with Gasteiger partial charge in [-0.3, -0.25) is 4.79 Å². The molecule has 1 aromatic carbocycles. The zero-order valence-corrected chi connectivity index (χ0v) is 12.4. The van der Waals surface area contributed by atoms with E-state index in [1.165, 1.54) is 19.1 Å². The summed E-state index contributed by atoms with van der Waals surface area (Å²) in [6, 6.07) is 3.82. The minimum atomic E-state index is -0.821. The Morgan fingerprint density at radius 2 is 2.00 bits per heavy atom. The lowest BCUT2D eigenvalue weighted by molar-refractivity contribution is 0.0348. The molecule has 0 aliphatic heterocycles. The average Bonchev–Trinajstić information content (AvgIpc) is 2.34. The fourth-order valence-corrected chi connectivity index (χ4v) is 1.91.